The summed E-state index contributed by atoms with van der Waals surface area (Å²) in [4.78, 5) is 28.7. The van der Waals surface area contributed by atoms with Crippen molar-refractivity contribution < 1.29 is 4.79 Å². The number of aryl methyl sites for hydroxylation is 1. The Labute approximate surface area is 162 Å². The molecule has 2 aromatic carbocycles. The number of carbonyl (C=O) groups excluding carboxylic acids is 1. The van der Waals surface area contributed by atoms with Gasteiger partial charge >= 0.3 is 0 Å². The molecule has 0 fully saturated rings. The Hall–Kier alpha value is -2.60. The fraction of sp³-hybridized carbons (Fsp3) is 0.286. The average molecular weight is 382 g/mol. The van der Waals surface area contributed by atoms with Crippen LogP contribution in [0.5, 0.6) is 0 Å². The molecule has 0 unspecified atom stereocenters. The first-order valence-corrected chi connectivity index (χ1v) is 10.0. The summed E-state index contributed by atoms with van der Waals surface area (Å²) in [5, 5.41) is 4.12. The normalized spacial score (nSPS) is 10.9. The number of nitrogens with one attached hydrogen (secondary N) is 1. The van der Waals surface area contributed by atoms with Gasteiger partial charge in [0.1, 0.15) is 0 Å². The fourth-order valence-electron chi connectivity index (χ4n) is 2.91. The van der Waals surface area contributed by atoms with Crippen LogP contribution in [0.2, 0.25) is 0 Å². The van der Waals surface area contributed by atoms with Gasteiger partial charge in [0, 0.05) is 25.8 Å². The van der Waals surface area contributed by atoms with E-state index in [1.54, 1.807) is 4.57 Å². The zero-order valence-corrected chi connectivity index (χ0v) is 16.2. The largest absolute Gasteiger partial charge is 0.356 e. The molecule has 0 radical (unpaired) electrons. The summed E-state index contributed by atoms with van der Waals surface area (Å²) in [5.74, 6) is 0.616. The lowest BCUT2D eigenvalue weighted by molar-refractivity contribution is -0.118. The molecule has 0 aliphatic heterocycles. The highest BCUT2D eigenvalue weighted by Gasteiger charge is 2.11. The summed E-state index contributed by atoms with van der Waals surface area (Å²) < 4.78 is 1.77. The maximum Gasteiger partial charge on any atom is 0.262 e. The molecule has 3 rings (SSSR count). The van der Waals surface area contributed by atoms with E-state index < -0.39 is 0 Å². The number of benzene rings is 2. The van der Waals surface area contributed by atoms with Gasteiger partial charge in [0.2, 0.25) is 5.91 Å². The van der Waals surface area contributed by atoms with E-state index in [0.717, 1.165) is 12.8 Å². The summed E-state index contributed by atoms with van der Waals surface area (Å²) in [5.41, 5.74) is 1.97. The van der Waals surface area contributed by atoms with Crippen LogP contribution in [0.3, 0.4) is 0 Å². The minimum atomic E-state index is -0.0534. The number of carbonyl (C=O) groups is 1. The molecule has 27 heavy (non-hydrogen) atoms. The average Bonchev–Trinajstić information content (AvgIpc) is 2.68. The van der Waals surface area contributed by atoms with Gasteiger partial charge in [-0.1, -0.05) is 54.2 Å². The van der Waals surface area contributed by atoms with E-state index in [9.17, 15) is 9.59 Å². The molecule has 1 amide bonds. The van der Waals surface area contributed by atoms with Crippen LogP contribution >= 0.6 is 11.8 Å². The van der Waals surface area contributed by atoms with Crippen molar-refractivity contribution in [3.63, 3.8) is 0 Å². The van der Waals surface area contributed by atoms with Crippen molar-refractivity contribution in [3.8, 4) is 0 Å². The molecule has 0 atom stereocenters. The van der Waals surface area contributed by atoms with E-state index >= 15 is 0 Å². The van der Waals surface area contributed by atoms with E-state index in [2.05, 4.69) is 17.4 Å². The molecule has 0 saturated heterocycles. The van der Waals surface area contributed by atoms with E-state index in [4.69, 9.17) is 4.98 Å². The summed E-state index contributed by atoms with van der Waals surface area (Å²) in [7, 11) is 0. The van der Waals surface area contributed by atoms with Crippen LogP contribution in [0.15, 0.2) is 64.5 Å². The number of hydrogen-bond acceptors (Lipinski definition) is 4. The Morgan fingerprint density at radius 2 is 1.85 bits per heavy atom. The third kappa shape index (κ3) is 5.20. The Kier molecular flexibility index (Phi) is 6.65. The molecule has 140 valence electrons. The zero-order valence-electron chi connectivity index (χ0n) is 15.4. The highest BCUT2D eigenvalue weighted by atomic mass is 32.2. The van der Waals surface area contributed by atoms with Gasteiger partial charge in [-0.15, -0.1) is 0 Å². The second-order valence-electron chi connectivity index (χ2n) is 6.29. The van der Waals surface area contributed by atoms with Crippen LogP contribution in [0.25, 0.3) is 10.9 Å². The Morgan fingerprint density at radius 3 is 2.63 bits per heavy atom. The van der Waals surface area contributed by atoms with Gasteiger partial charge in [-0.3, -0.25) is 14.2 Å². The molecule has 3 aromatic rings. The Bertz CT molecular complexity index is 970. The van der Waals surface area contributed by atoms with Crippen LogP contribution in [0, 0.1) is 0 Å². The SMILES string of the molecule is CC(=O)NCCSc1nc2ccccc2c(=O)n1CCCc1ccccc1. The Morgan fingerprint density at radius 1 is 1.11 bits per heavy atom. The molecular weight excluding hydrogens is 358 g/mol. The highest BCUT2D eigenvalue weighted by molar-refractivity contribution is 7.99. The van der Waals surface area contributed by atoms with Gasteiger partial charge < -0.3 is 5.32 Å². The predicted molar refractivity (Wildman–Crippen MR) is 110 cm³/mol. The number of aromatic nitrogens is 2. The second kappa shape index (κ2) is 9.37. The number of para-hydroxylation sites is 1. The first kappa shape index (κ1) is 19.2. The molecule has 1 heterocycles. The third-order valence-electron chi connectivity index (χ3n) is 4.22. The van der Waals surface area contributed by atoms with Crippen molar-refractivity contribution in [2.45, 2.75) is 31.5 Å². The van der Waals surface area contributed by atoms with Gasteiger partial charge in [0.25, 0.3) is 5.56 Å². The highest BCUT2D eigenvalue weighted by Crippen LogP contribution is 2.18. The molecular formula is C21H23N3O2S. The quantitative estimate of drug-likeness (QED) is 0.370. The summed E-state index contributed by atoms with van der Waals surface area (Å²) in [6.45, 7) is 2.67. The summed E-state index contributed by atoms with van der Waals surface area (Å²) >= 11 is 1.50. The van der Waals surface area contributed by atoms with Crippen molar-refractivity contribution in [3.05, 3.63) is 70.5 Å². The maximum absolute atomic E-state index is 13.0. The van der Waals surface area contributed by atoms with E-state index in [1.165, 1.54) is 24.2 Å². The number of hydrogen-bond donors (Lipinski definition) is 1. The Balaban J connectivity index is 1.79. The molecule has 6 heteroatoms. The molecule has 0 bridgehead atoms. The monoisotopic (exact) mass is 381 g/mol. The van der Waals surface area contributed by atoms with E-state index in [1.807, 2.05) is 42.5 Å². The minimum absolute atomic E-state index is 0.00399. The van der Waals surface area contributed by atoms with Gasteiger partial charge in [-0.25, -0.2) is 4.98 Å². The van der Waals surface area contributed by atoms with Crippen LogP contribution in [0.1, 0.15) is 18.9 Å². The standard InChI is InChI=1S/C21H23N3O2S/c1-16(25)22-13-15-27-21-23-19-12-6-5-11-18(19)20(26)24(21)14-7-10-17-8-3-2-4-9-17/h2-6,8-9,11-12H,7,10,13-15H2,1H3,(H,22,25). The fourth-order valence-corrected chi connectivity index (χ4v) is 3.79. The summed E-state index contributed by atoms with van der Waals surface area (Å²) in [6.07, 6.45) is 1.78. The van der Waals surface area contributed by atoms with Crippen molar-refractivity contribution >= 4 is 28.6 Å². The van der Waals surface area contributed by atoms with Crippen molar-refractivity contribution in [1.82, 2.24) is 14.9 Å². The van der Waals surface area contributed by atoms with E-state index in [0.29, 0.717) is 34.9 Å². The van der Waals surface area contributed by atoms with Crippen LogP contribution in [0.4, 0.5) is 0 Å². The lowest BCUT2D eigenvalue weighted by Crippen LogP contribution is -2.25. The number of thioether (sulfide) groups is 1. The molecule has 0 saturated carbocycles. The topological polar surface area (TPSA) is 64.0 Å². The number of rotatable bonds is 8. The third-order valence-corrected chi connectivity index (χ3v) is 5.20. The molecule has 0 aliphatic rings. The number of nitrogens with zero attached hydrogens (tertiary/aromatic N) is 2. The molecule has 5 nitrogen and oxygen atoms in total. The van der Waals surface area contributed by atoms with Crippen molar-refractivity contribution in [1.29, 1.82) is 0 Å². The van der Waals surface area contributed by atoms with Crippen molar-refractivity contribution in [2.75, 3.05) is 12.3 Å². The second-order valence-corrected chi connectivity index (χ2v) is 7.35. The first-order chi connectivity index (χ1) is 13.1. The smallest absolute Gasteiger partial charge is 0.262 e. The predicted octanol–water partition coefficient (Wildman–Crippen LogP) is 3.26. The molecule has 0 spiro atoms. The van der Waals surface area contributed by atoms with Gasteiger partial charge in [0.05, 0.1) is 10.9 Å². The minimum Gasteiger partial charge on any atom is -0.356 e. The lowest BCUT2D eigenvalue weighted by Gasteiger charge is -2.13. The van der Waals surface area contributed by atoms with Gasteiger partial charge in [-0.05, 0) is 30.5 Å². The molecule has 1 N–H and O–H groups in total. The van der Waals surface area contributed by atoms with Gasteiger partial charge in [0.15, 0.2) is 5.16 Å². The van der Waals surface area contributed by atoms with E-state index in [-0.39, 0.29) is 11.5 Å². The molecule has 1 aromatic heterocycles. The van der Waals surface area contributed by atoms with Crippen molar-refractivity contribution in [2.24, 2.45) is 0 Å². The van der Waals surface area contributed by atoms with Crippen LogP contribution < -0.4 is 10.9 Å². The first-order valence-electron chi connectivity index (χ1n) is 9.06. The molecule has 0 aliphatic carbocycles. The van der Waals surface area contributed by atoms with Gasteiger partial charge in [-0.2, -0.15) is 0 Å². The zero-order chi connectivity index (χ0) is 19.1. The number of fused-ring (bicyclic) bond motifs is 1. The maximum atomic E-state index is 13.0. The lowest BCUT2D eigenvalue weighted by atomic mass is 10.1. The summed E-state index contributed by atoms with van der Waals surface area (Å²) in [6, 6.07) is 17.7. The van der Waals surface area contributed by atoms with Crippen LogP contribution in [-0.2, 0) is 17.8 Å². The number of amides is 1. The van der Waals surface area contributed by atoms with Crippen LogP contribution in [-0.4, -0.2) is 27.8 Å².